The molecule has 0 fully saturated rings. The number of pyridine rings is 1. The molecule has 0 atom stereocenters. The van der Waals surface area contributed by atoms with Crippen LogP contribution in [-0.2, 0) is 12.2 Å². The van der Waals surface area contributed by atoms with Gasteiger partial charge in [-0.2, -0.15) is 11.8 Å². The van der Waals surface area contributed by atoms with Gasteiger partial charge in [0.2, 0.25) is 0 Å². The van der Waals surface area contributed by atoms with Crippen LogP contribution in [0.1, 0.15) is 10.4 Å². The lowest BCUT2D eigenvalue weighted by molar-refractivity contribution is 0.437. The molecule has 4 heterocycles. The van der Waals surface area contributed by atoms with Crippen LogP contribution in [0.3, 0.4) is 0 Å². The van der Waals surface area contributed by atoms with E-state index in [1.165, 1.54) is 16.2 Å². The van der Waals surface area contributed by atoms with Gasteiger partial charge < -0.3 is 10.3 Å². The molecule has 0 unspecified atom stereocenters. The number of aryl methyl sites for hydroxylation is 1. The van der Waals surface area contributed by atoms with E-state index >= 15 is 0 Å². The summed E-state index contributed by atoms with van der Waals surface area (Å²) >= 11 is 3.77. The van der Waals surface area contributed by atoms with E-state index in [-0.39, 0.29) is 0 Å². The van der Waals surface area contributed by atoms with E-state index in [2.05, 4.69) is 16.2 Å². The summed E-state index contributed by atoms with van der Waals surface area (Å²) in [6.45, 7) is 0. The topological polar surface area (TPSA) is 64.9 Å². The zero-order valence-corrected chi connectivity index (χ0v) is 12.8. The molecule has 0 saturated carbocycles. The lowest BCUT2D eigenvalue weighted by Crippen LogP contribution is -1.96. The molecule has 1 aliphatic rings. The van der Waals surface area contributed by atoms with E-state index in [0.717, 1.165) is 33.9 Å². The quantitative estimate of drug-likeness (QED) is 0.778. The summed E-state index contributed by atoms with van der Waals surface area (Å²) in [5.41, 5.74) is 9.28. The first kappa shape index (κ1) is 12.9. The third kappa shape index (κ3) is 2.24. The largest absolute Gasteiger partial charge is 0.380 e. The van der Waals surface area contributed by atoms with Crippen molar-refractivity contribution >= 4 is 28.9 Å². The van der Waals surface area contributed by atoms with Gasteiger partial charge >= 0.3 is 0 Å². The summed E-state index contributed by atoms with van der Waals surface area (Å²) in [5, 5.41) is 3.96. The van der Waals surface area contributed by atoms with Crippen molar-refractivity contribution in [2.75, 3.05) is 11.5 Å². The molecule has 3 aromatic heterocycles. The normalized spacial score (nSPS) is 14.1. The third-order valence-corrected chi connectivity index (χ3v) is 5.78. The highest BCUT2D eigenvalue weighted by atomic mass is 32.2. The van der Waals surface area contributed by atoms with E-state index < -0.39 is 0 Å². The molecule has 106 valence electrons. The van der Waals surface area contributed by atoms with Gasteiger partial charge in [-0.15, -0.1) is 11.3 Å². The summed E-state index contributed by atoms with van der Waals surface area (Å²) in [7, 11) is 0. The van der Waals surface area contributed by atoms with Crippen LogP contribution in [0.2, 0.25) is 0 Å². The van der Waals surface area contributed by atoms with Gasteiger partial charge in [-0.25, -0.2) is 0 Å². The van der Waals surface area contributed by atoms with Crippen LogP contribution in [0.5, 0.6) is 0 Å². The molecule has 1 aliphatic heterocycles. The molecular weight excluding hydrogens is 302 g/mol. The number of anilines is 1. The summed E-state index contributed by atoms with van der Waals surface area (Å²) < 4.78 is 5.52. The minimum Gasteiger partial charge on any atom is -0.380 e. The number of nitrogens with zero attached hydrogens (tertiary/aromatic N) is 2. The Balaban J connectivity index is 1.85. The molecular formula is C15H13N3OS2. The number of nitrogens with two attached hydrogens (primary N) is 1. The predicted octanol–water partition coefficient (Wildman–Crippen LogP) is 3.84. The lowest BCUT2D eigenvalue weighted by atomic mass is 10.1. The number of thiophene rings is 1. The fourth-order valence-corrected chi connectivity index (χ4v) is 4.88. The Morgan fingerprint density at radius 3 is 2.90 bits per heavy atom. The van der Waals surface area contributed by atoms with Crippen molar-refractivity contribution in [1.29, 1.82) is 0 Å². The Morgan fingerprint density at radius 1 is 1.24 bits per heavy atom. The van der Waals surface area contributed by atoms with Gasteiger partial charge in [-0.3, -0.25) is 4.98 Å². The average Bonchev–Trinajstić information content (AvgIpc) is 3.11. The van der Waals surface area contributed by atoms with E-state index in [4.69, 9.17) is 10.3 Å². The molecule has 4 nitrogen and oxygen atoms in total. The molecule has 21 heavy (non-hydrogen) atoms. The summed E-state index contributed by atoms with van der Waals surface area (Å²) in [5.74, 6) is 3.47. The molecule has 0 saturated heterocycles. The summed E-state index contributed by atoms with van der Waals surface area (Å²) in [6.07, 6.45) is 4.64. The highest BCUT2D eigenvalue weighted by Crippen LogP contribution is 2.42. The van der Waals surface area contributed by atoms with Crippen molar-refractivity contribution in [2.45, 2.75) is 12.2 Å². The maximum absolute atomic E-state index is 6.01. The van der Waals surface area contributed by atoms with Gasteiger partial charge in [-0.1, -0.05) is 5.16 Å². The first-order valence-electron chi connectivity index (χ1n) is 6.68. The molecule has 6 heteroatoms. The minimum absolute atomic E-state index is 0.428. The monoisotopic (exact) mass is 315 g/mol. The fourth-order valence-electron chi connectivity index (χ4n) is 2.53. The Morgan fingerprint density at radius 2 is 2.10 bits per heavy atom. The zero-order valence-electron chi connectivity index (χ0n) is 11.2. The SMILES string of the molecule is Nc1noc(-c2cc3c(s2)CCSC3)c1-c1ccncc1. The van der Waals surface area contributed by atoms with E-state index in [9.17, 15) is 0 Å². The van der Waals surface area contributed by atoms with Crippen LogP contribution >= 0.6 is 23.1 Å². The standard InChI is InChI=1S/C15H13N3OS2/c16-15-13(9-1-4-17-5-2-9)14(19-18-15)12-7-10-8-20-6-3-11(10)21-12/h1-2,4-5,7H,3,6,8H2,(H2,16,18). The highest BCUT2D eigenvalue weighted by molar-refractivity contribution is 7.98. The summed E-state index contributed by atoms with van der Waals surface area (Å²) in [4.78, 5) is 6.62. The molecule has 0 bridgehead atoms. The van der Waals surface area contributed by atoms with Crippen molar-refractivity contribution in [3.8, 4) is 21.8 Å². The van der Waals surface area contributed by atoms with Crippen LogP contribution in [0, 0.1) is 0 Å². The smallest absolute Gasteiger partial charge is 0.186 e. The second-order valence-corrected chi connectivity index (χ2v) is 7.11. The number of hydrogen-bond acceptors (Lipinski definition) is 6. The minimum atomic E-state index is 0.428. The Labute approximate surface area is 130 Å². The van der Waals surface area contributed by atoms with Crippen LogP contribution in [0.25, 0.3) is 21.8 Å². The van der Waals surface area contributed by atoms with Crippen LogP contribution < -0.4 is 5.73 Å². The van der Waals surface area contributed by atoms with Gasteiger partial charge in [0.25, 0.3) is 0 Å². The number of aromatic nitrogens is 2. The molecule has 0 radical (unpaired) electrons. The number of thioether (sulfide) groups is 1. The number of rotatable bonds is 2. The van der Waals surface area contributed by atoms with Gasteiger partial charge in [0.15, 0.2) is 11.6 Å². The van der Waals surface area contributed by atoms with E-state index in [1.807, 2.05) is 23.9 Å². The molecule has 2 N–H and O–H groups in total. The van der Waals surface area contributed by atoms with Gasteiger partial charge in [-0.05, 0) is 41.5 Å². The van der Waals surface area contributed by atoms with Crippen molar-refractivity contribution in [3.05, 3.63) is 41.0 Å². The van der Waals surface area contributed by atoms with Crippen LogP contribution in [0.15, 0.2) is 35.1 Å². The highest BCUT2D eigenvalue weighted by Gasteiger charge is 2.22. The van der Waals surface area contributed by atoms with Crippen LogP contribution in [0.4, 0.5) is 5.82 Å². The fraction of sp³-hybridized carbons (Fsp3) is 0.200. The van der Waals surface area contributed by atoms with Crippen molar-refractivity contribution in [2.24, 2.45) is 0 Å². The van der Waals surface area contributed by atoms with Crippen molar-refractivity contribution in [1.82, 2.24) is 10.1 Å². The number of nitrogen functional groups attached to an aromatic ring is 1. The molecule has 3 aromatic rings. The Bertz CT molecular complexity index is 756. The van der Waals surface area contributed by atoms with Gasteiger partial charge in [0.05, 0.1) is 10.4 Å². The zero-order chi connectivity index (χ0) is 14.2. The maximum atomic E-state index is 6.01. The molecule has 4 rings (SSSR count). The summed E-state index contributed by atoms with van der Waals surface area (Å²) in [6, 6.07) is 6.07. The number of hydrogen-bond donors (Lipinski definition) is 1. The van der Waals surface area contributed by atoms with Crippen LogP contribution in [-0.4, -0.2) is 15.9 Å². The third-order valence-electron chi connectivity index (χ3n) is 3.54. The van der Waals surface area contributed by atoms with Gasteiger partial charge in [0.1, 0.15) is 0 Å². The first-order valence-corrected chi connectivity index (χ1v) is 8.65. The first-order chi connectivity index (χ1) is 10.3. The lowest BCUT2D eigenvalue weighted by Gasteiger charge is -2.08. The van der Waals surface area contributed by atoms with E-state index in [0.29, 0.717) is 5.82 Å². The Kier molecular flexibility index (Phi) is 3.20. The Hall–Kier alpha value is -1.79. The second kappa shape index (κ2) is 5.20. The molecule has 0 amide bonds. The molecule has 0 aromatic carbocycles. The number of fused-ring (bicyclic) bond motifs is 1. The van der Waals surface area contributed by atoms with Crippen molar-refractivity contribution < 1.29 is 4.52 Å². The van der Waals surface area contributed by atoms with Crippen molar-refractivity contribution in [3.63, 3.8) is 0 Å². The maximum Gasteiger partial charge on any atom is 0.186 e. The predicted molar refractivity (Wildman–Crippen MR) is 87.3 cm³/mol. The molecule has 0 spiro atoms. The average molecular weight is 315 g/mol. The molecule has 0 aliphatic carbocycles. The van der Waals surface area contributed by atoms with Gasteiger partial charge in [0, 0.05) is 23.0 Å². The second-order valence-electron chi connectivity index (χ2n) is 4.87. The van der Waals surface area contributed by atoms with E-state index in [1.54, 1.807) is 23.7 Å².